The lowest BCUT2D eigenvalue weighted by Crippen LogP contribution is -1.78. The van der Waals surface area contributed by atoms with Crippen molar-refractivity contribution in [2.75, 3.05) is 0 Å². The molecule has 1 aromatic carbocycles. The van der Waals surface area contributed by atoms with E-state index in [4.69, 9.17) is 0 Å². The van der Waals surface area contributed by atoms with Gasteiger partial charge in [-0.05, 0) is 36.1 Å². The lowest BCUT2D eigenvalue weighted by molar-refractivity contribution is 0.629. The molecular formula is C12H9FN2S. The number of thiophene rings is 1. The van der Waals surface area contributed by atoms with E-state index in [2.05, 4.69) is 15.3 Å². The Labute approximate surface area is 95.8 Å². The molecule has 0 amide bonds. The van der Waals surface area contributed by atoms with Crippen LogP contribution in [0.25, 0.3) is 22.4 Å². The Morgan fingerprint density at radius 1 is 1.31 bits per heavy atom. The van der Waals surface area contributed by atoms with Crippen molar-refractivity contribution in [3.63, 3.8) is 0 Å². The van der Waals surface area contributed by atoms with Crippen LogP contribution in [0.2, 0.25) is 0 Å². The first-order valence-corrected chi connectivity index (χ1v) is 5.87. The SMILES string of the molecule is Cc1cscc1-c1nc2ccc(F)cc2[nH]1. The molecule has 0 aliphatic carbocycles. The Morgan fingerprint density at radius 3 is 2.94 bits per heavy atom. The molecule has 80 valence electrons. The van der Waals surface area contributed by atoms with Gasteiger partial charge in [0.1, 0.15) is 11.6 Å². The van der Waals surface area contributed by atoms with E-state index in [1.54, 1.807) is 17.4 Å². The molecule has 0 unspecified atom stereocenters. The van der Waals surface area contributed by atoms with Crippen molar-refractivity contribution >= 4 is 22.4 Å². The number of H-pyrrole nitrogens is 1. The number of hydrogen-bond donors (Lipinski definition) is 1. The summed E-state index contributed by atoms with van der Waals surface area (Å²) in [4.78, 5) is 7.58. The number of nitrogens with one attached hydrogen (secondary N) is 1. The fourth-order valence-corrected chi connectivity index (χ4v) is 2.55. The zero-order valence-corrected chi connectivity index (χ0v) is 9.44. The van der Waals surface area contributed by atoms with Gasteiger partial charge < -0.3 is 4.98 Å². The standard InChI is InChI=1S/C12H9FN2S/c1-7-5-16-6-9(7)12-14-10-3-2-8(13)4-11(10)15-12/h2-6H,1H3,(H,14,15). The number of imidazole rings is 1. The molecule has 0 saturated carbocycles. The van der Waals surface area contributed by atoms with E-state index < -0.39 is 0 Å². The van der Waals surface area contributed by atoms with Gasteiger partial charge in [-0.25, -0.2) is 9.37 Å². The second kappa shape index (κ2) is 3.42. The van der Waals surface area contributed by atoms with Gasteiger partial charge in [0.2, 0.25) is 0 Å². The number of nitrogens with zero attached hydrogens (tertiary/aromatic N) is 1. The van der Waals surface area contributed by atoms with Crippen molar-refractivity contribution in [1.29, 1.82) is 0 Å². The van der Waals surface area contributed by atoms with E-state index in [1.807, 2.05) is 12.3 Å². The third kappa shape index (κ3) is 1.42. The summed E-state index contributed by atoms with van der Waals surface area (Å²) < 4.78 is 13.0. The average molecular weight is 232 g/mol. The van der Waals surface area contributed by atoms with Crippen LogP contribution in [0.4, 0.5) is 4.39 Å². The number of rotatable bonds is 1. The maximum atomic E-state index is 13.0. The highest BCUT2D eigenvalue weighted by Crippen LogP contribution is 2.26. The molecule has 4 heteroatoms. The van der Waals surface area contributed by atoms with Crippen molar-refractivity contribution in [3.05, 3.63) is 40.3 Å². The van der Waals surface area contributed by atoms with Crippen molar-refractivity contribution in [2.24, 2.45) is 0 Å². The molecule has 0 bridgehead atoms. The van der Waals surface area contributed by atoms with Crippen LogP contribution in [0.15, 0.2) is 29.0 Å². The van der Waals surface area contributed by atoms with Gasteiger partial charge in [0.25, 0.3) is 0 Å². The first-order chi connectivity index (χ1) is 7.74. The smallest absolute Gasteiger partial charge is 0.139 e. The fourth-order valence-electron chi connectivity index (χ4n) is 1.71. The lowest BCUT2D eigenvalue weighted by atomic mass is 10.2. The van der Waals surface area contributed by atoms with Gasteiger partial charge in [-0.15, -0.1) is 0 Å². The molecular weight excluding hydrogens is 223 g/mol. The Bertz CT molecular complexity index is 654. The average Bonchev–Trinajstić information content (AvgIpc) is 2.82. The summed E-state index contributed by atoms with van der Waals surface area (Å²) >= 11 is 1.64. The van der Waals surface area contributed by atoms with Crippen molar-refractivity contribution in [2.45, 2.75) is 6.92 Å². The van der Waals surface area contributed by atoms with Gasteiger partial charge in [0, 0.05) is 10.9 Å². The van der Waals surface area contributed by atoms with Gasteiger partial charge in [0.05, 0.1) is 11.0 Å². The zero-order valence-electron chi connectivity index (χ0n) is 8.62. The molecule has 3 rings (SSSR count). The van der Waals surface area contributed by atoms with Crippen LogP contribution in [0.5, 0.6) is 0 Å². The van der Waals surface area contributed by atoms with E-state index in [-0.39, 0.29) is 5.82 Å². The van der Waals surface area contributed by atoms with E-state index >= 15 is 0 Å². The molecule has 0 spiro atoms. The van der Waals surface area contributed by atoms with Crippen LogP contribution in [0.1, 0.15) is 5.56 Å². The molecule has 3 aromatic rings. The second-order valence-corrected chi connectivity index (χ2v) is 4.46. The fraction of sp³-hybridized carbons (Fsp3) is 0.0833. The van der Waals surface area contributed by atoms with Crippen LogP contribution in [-0.4, -0.2) is 9.97 Å². The molecule has 0 aliphatic rings. The van der Waals surface area contributed by atoms with Crippen LogP contribution in [-0.2, 0) is 0 Å². The van der Waals surface area contributed by atoms with E-state index in [9.17, 15) is 4.39 Å². The molecule has 1 N–H and O–H groups in total. The summed E-state index contributed by atoms with van der Waals surface area (Å²) in [5.74, 6) is 0.559. The normalized spacial score (nSPS) is 11.1. The summed E-state index contributed by atoms with van der Waals surface area (Å²) in [6.07, 6.45) is 0. The minimum Gasteiger partial charge on any atom is -0.338 e. The van der Waals surface area contributed by atoms with Gasteiger partial charge >= 0.3 is 0 Å². The third-order valence-electron chi connectivity index (χ3n) is 2.55. The maximum Gasteiger partial charge on any atom is 0.139 e. The van der Waals surface area contributed by atoms with E-state index in [0.717, 1.165) is 22.4 Å². The predicted molar refractivity (Wildman–Crippen MR) is 64.1 cm³/mol. The highest BCUT2D eigenvalue weighted by atomic mass is 32.1. The second-order valence-electron chi connectivity index (χ2n) is 3.72. The first kappa shape index (κ1) is 9.54. The Kier molecular flexibility index (Phi) is 2.04. The quantitative estimate of drug-likeness (QED) is 0.680. The molecule has 0 radical (unpaired) electrons. The minimum atomic E-state index is -0.246. The molecule has 2 nitrogen and oxygen atoms in total. The summed E-state index contributed by atoms with van der Waals surface area (Å²) in [6, 6.07) is 4.58. The highest BCUT2D eigenvalue weighted by molar-refractivity contribution is 7.08. The minimum absolute atomic E-state index is 0.246. The van der Waals surface area contributed by atoms with Crippen molar-refractivity contribution in [1.82, 2.24) is 9.97 Å². The molecule has 16 heavy (non-hydrogen) atoms. The maximum absolute atomic E-state index is 13.0. The van der Waals surface area contributed by atoms with Crippen molar-refractivity contribution in [3.8, 4) is 11.4 Å². The summed E-state index contributed by atoms with van der Waals surface area (Å²) in [5, 5.41) is 4.12. The number of halogens is 1. The molecule has 0 fully saturated rings. The van der Waals surface area contributed by atoms with Crippen LogP contribution in [0.3, 0.4) is 0 Å². The Hall–Kier alpha value is -1.68. The number of aromatic amines is 1. The van der Waals surface area contributed by atoms with Crippen LogP contribution < -0.4 is 0 Å². The lowest BCUT2D eigenvalue weighted by Gasteiger charge is -1.92. The molecule has 2 aromatic heterocycles. The molecule has 0 saturated heterocycles. The Morgan fingerprint density at radius 2 is 2.19 bits per heavy atom. The zero-order chi connectivity index (χ0) is 11.1. The number of benzene rings is 1. The third-order valence-corrected chi connectivity index (χ3v) is 3.42. The Balaban J connectivity index is 2.23. The van der Waals surface area contributed by atoms with Crippen LogP contribution in [0, 0.1) is 12.7 Å². The highest BCUT2D eigenvalue weighted by Gasteiger charge is 2.08. The summed E-state index contributed by atoms with van der Waals surface area (Å²) in [5.41, 5.74) is 3.80. The van der Waals surface area contributed by atoms with Gasteiger partial charge in [-0.1, -0.05) is 0 Å². The number of aromatic nitrogens is 2. The van der Waals surface area contributed by atoms with Gasteiger partial charge in [-0.2, -0.15) is 11.3 Å². The molecule has 0 atom stereocenters. The topological polar surface area (TPSA) is 28.7 Å². The molecule has 0 aliphatic heterocycles. The van der Waals surface area contributed by atoms with Gasteiger partial charge in [-0.3, -0.25) is 0 Å². The predicted octanol–water partition coefficient (Wildman–Crippen LogP) is 3.74. The van der Waals surface area contributed by atoms with Crippen LogP contribution >= 0.6 is 11.3 Å². The number of aryl methyl sites for hydroxylation is 1. The monoisotopic (exact) mass is 232 g/mol. The van der Waals surface area contributed by atoms with E-state index in [0.29, 0.717) is 0 Å². The van der Waals surface area contributed by atoms with Crippen molar-refractivity contribution < 1.29 is 4.39 Å². The summed E-state index contributed by atoms with van der Waals surface area (Å²) in [6.45, 7) is 2.04. The number of fused-ring (bicyclic) bond motifs is 1. The largest absolute Gasteiger partial charge is 0.338 e. The number of hydrogen-bond acceptors (Lipinski definition) is 2. The molecule has 2 heterocycles. The summed E-state index contributed by atoms with van der Waals surface area (Å²) in [7, 11) is 0. The van der Waals surface area contributed by atoms with Gasteiger partial charge in [0.15, 0.2) is 0 Å². The van der Waals surface area contributed by atoms with E-state index in [1.165, 1.54) is 17.7 Å². The first-order valence-electron chi connectivity index (χ1n) is 4.92.